The maximum Gasteiger partial charge on any atom is 0.246 e. The summed E-state index contributed by atoms with van der Waals surface area (Å²) in [6.07, 6.45) is 0.475. The summed E-state index contributed by atoms with van der Waals surface area (Å²) in [5.74, 6) is 5.67. The van der Waals surface area contributed by atoms with E-state index < -0.39 is 0 Å². The van der Waals surface area contributed by atoms with Gasteiger partial charge in [0.05, 0.1) is 31.2 Å². The van der Waals surface area contributed by atoms with E-state index >= 15 is 0 Å². The van der Waals surface area contributed by atoms with Gasteiger partial charge in [0, 0.05) is 18.4 Å². The smallest absolute Gasteiger partial charge is 0.246 e. The summed E-state index contributed by atoms with van der Waals surface area (Å²) in [5.41, 5.74) is 0. The Hall–Kier alpha value is -1.39. The van der Waals surface area contributed by atoms with E-state index in [1.54, 1.807) is 7.11 Å². The van der Waals surface area contributed by atoms with Crippen molar-refractivity contribution in [3.63, 3.8) is 0 Å². The predicted molar refractivity (Wildman–Crippen MR) is 77.4 cm³/mol. The van der Waals surface area contributed by atoms with Gasteiger partial charge in [0.15, 0.2) is 0 Å². The summed E-state index contributed by atoms with van der Waals surface area (Å²) in [7, 11) is 1.58. The molecular weight excluding hydrogens is 278 g/mol. The van der Waals surface area contributed by atoms with Crippen molar-refractivity contribution in [2.24, 2.45) is 0 Å². The van der Waals surface area contributed by atoms with Crippen LogP contribution in [-0.2, 0) is 20.8 Å². The van der Waals surface area contributed by atoms with Crippen molar-refractivity contribution in [2.45, 2.75) is 13.0 Å². The average Bonchev–Trinajstić information content (AvgIpc) is 2.90. The molecule has 1 rings (SSSR count). The van der Waals surface area contributed by atoms with Crippen molar-refractivity contribution in [3.8, 4) is 11.8 Å². The van der Waals surface area contributed by atoms with E-state index in [1.165, 1.54) is 11.3 Å². The standard InChI is InChI=1S/C14H19NO4S/c1-18-8-9-19-11-14(17)15-10-13-6-5-12(20-13)4-2-3-7-16/h5-6,16H,3,7-11H2,1H3,(H,15,17). The number of ether oxygens (including phenoxy) is 2. The molecule has 1 amide bonds. The van der Waals surface area contributed by atoms with E-state index in [-0.39, 0.29) is 19.1 Å². The van der Waals surface area contributed by atoms with Gasteiger partial charge in [0.1, 0.15) is 6.61 Å². The van der Waals surface area contributed by atoms with Gasteiger partial charge >= 0.3 is 0 Å². The molecule has 1 heterocycles. The van der Waals surface area contributed by atoms with Gasteiger partial charge in [-0.3, -0.25) is 4.79 Å². The van der Waals surface area contributed by atoms with Crippen LogP contribution in [0.25, 0.3) is 0 Å². The van der Waals surface area contributed by atoms with Gasteiger partial charge in [-0.15, -0.1) is 11.3 Å². The van der Waals surface area contributed by atoms with E-state index in [1.807, 2.05) is 12.1 Å². The molecule has 5 nitrogen and oxygen atoms in total. The Morgan fingerprint density at radius 3 is 3.05 bits per heavy atom. The lowest BCUT2D eigenvalue weighted by atomic mass is 10.4. The first-order chi connectivity index (χ1) is 9.76. The maximum absolute atomic E-state index is 11.5. The number of aliphatic hydroxyl groups excluding tert-OH is 1. The van der Waals surface area contributed by atoms with Gasteiger partial charge in [-0.2, -0.15) is 0 Å². The second kappa shape index (κ2) is 10.4. The highest BCUT2D eigenvalue weighted by Gasteiger charge is 2.03. The molecule has 2 N–H and O–H groups in total. The second-order valence-electron chi connectivity index (χ2n) is 3.86. The van der Waals surface area contributed by atoms with Crippen LogP contribution in [0.4, 0.5) is 0 Å². The number of nitrogens with one attached hydrogen (secondary N) is 1. The monoisotopic (exact) mass is 297 g/mol. The van der Waals surface area contributed by atoms with Crippen molar-refractivity contribution < 1.29 is 19.4 Å². The molecule has 0 atom stereocenters. The van der Waals surface area contributed by atoms with E-state index in [0.717, 1.165) is 9.75 Å². The van der Waals surface area contributed by atoms with Gasteiger partial charge < -0.3 is 19.9 Å². The lowest BCUT2D eigenvalue weighted by Crippen LogP contribution is -2.27. The molecule has 6 heteroatoms. The highest BCUT2D eigenvalue weighted by atomic mass is 32.1. The molecule has 1 aromatic rings. The van der Waals surface area contributed by atoms with Crippen molar-refractivity contribution in [2.75, 3.05) is 33.5 Å². The molecule has 20 heavy (non-hydrogen) atoms. The number of amides is 1. The summed E-state index contributed by atoms with van der Waals surface area (Å²) in [6, 6.07) is 3.84. The summed E-state index contributed by atoms with van der Waals surface area (Å²) >= 11 is 1.53. The maximum atomic E-state index is 11.5. The lowest BCUT2D eigenvalue weighted by molar-refractivity contribution is -0.126. The van der Waals surface area contributed by atoms with Gasteiger partial charge in [0.25, 0.3) is 0 Å². The van der Waals surface area contributed by atoms with E-state index in [4.69, 9.17) is 14.6 Å². The van der Waals surface area contributed by atoms with E-state index in [0.29, 0.717) is 26.2 Å². The normalized spacial score (nSPS) is 9.90. The lowest BCUT2D eigenvalue weighted by Gasteiger charge is -2.04. The molecule has 0 spiro atoms. The minimum Gasteiger partial charge on any atom is -0.395 e. The van der Waals surface area contributed by atoms with Crippen molar-refractivity contribution in [1.82, 2.24) is 5.32 Å². The van der Waals surface area contributed by atoms with Crippen LogP contribution in [0.3, 0.4) is 0 Å². The third kappa shape index (κ3) is 7.26. The molecule has 1 aromatic heterocycles. The largest absolute Gasteiger partial charge is 0.395 e. The first kappa shape index (κ1) is 16.7. The fourth-order valence-electron chi connectivity index (χ4n) is 1.29. The quantitative estimate of drug-likeness (QED) is 0.549. The summed E-state index contributed by atoms with van der Waals surface area (Å²) in [5, 5.41) is 11.4. The molecule has 0 saturated heterocycles. The third-order valence-electron chi connectivity index (χ3n) is 2.23. The Labute approximate surface area is 122 Å². The van der Waals surface area contributed by atoms with Gasteiger partial charge in [-0.05, 0) is 12.1 Å². The average molecular weight is 297 g/mol. The summed E-state index contributed by atoms with van der Waals surface area (Å²) in [4.78, 5) is 13.4. The van der Waals surface area contributed by atoms with Crippen molar-refractivity contribution in [3.05, 3.63) is 21.9 Å². The van der Waals surface area contributed by atoms with Crippen LogP contribution in [0.2, 0.25) is 0 Å². The Morgan fingerprint density at radius 2 is 2.30 bits per heavy atom. The summed E-state index contributed by atoms with van der Waals surface area (Å²) < 4.78 is 9.93. The Kier molecular flexibility index (Phi) is 8.67. The van der Waals surface area contributed by atoms with Crippen LogP contribution >= 0.6 is 11.3 Å². The Morgan fingerprint density at radius 1 is 1.45 bits per heavy atom. The fourth-order valence-corrected chi connectivity index (χ4v) is 2.11. The van der Waals surface area contributed by atoms with Crippen LogP contribution in [0.5, 0.6) is 0 Å². The predicted octanol–water partition coefficient (Wildman–Crippen LogP) is 0.761. The zero-order valence-electron chi connectivity index (χ0n) is 11.5. The SMILES string of the molecule is COCCOCC(=O)NCc1ccc(C#CCCO)s1. The molecule has 0 aliphatic carbocycles. The number of aliphatic hydroxyl groups is 1. The van der Waals surface area contributed by atoms with Crippen LogP contribution < -0.4 is 5.32 Å². The zero-order chi connectivity index (χ0) is 14.6. The van der Waals surface area contributed by atoms with Crippen LogP contribution in [0.1, 0.15) is 16.2 Å². The van der Waals surface area contributed by atoms with E-state index in [9.17, 15) is 4.79 Å². The van der Waals surface area contributed by atoms with Crippen LogP contribution in [0, 0.1) is 11.8 Å². The highest BCUT2D eigenvalue weighted by molar-refractivity contribution is 7.12. The zero-order valence-corrected chi connectivity index (χ0v) is 12.3. The number of methoxy groups -OCH3 is 1. The number of carbonyl (C=O) groups is 1. The molecule has 0 saturated carbocycles. The molecule has 0 aromatic carbocycles. The highest BCUT2D eigenvalue weighted by Crippen LogP contribution is 2.14. The minimum atomic E-state index is -0.151. The molecule has 0 bridgehead atoms. The number of hydrogen-bond donors (Lipinski definition) is 2. The first-order valence-electron chi connectivity index (χ1n) is 6.28. The number of thiophene rings is 1. The van der Waals surface area contributed by atoms with Crippen molar-refractivity contribution in [1.29, 1.82) is 0 Å². The fraction of sp³-hybridized carbons (Fsp3) is 0.500. The number of hydrogen-bond acceptors (Lipinski definition) is 5. The molecule has 0 aliphatic heterocycles. The van der Waals surface area contributed by atoms with Crippen LogP contribution in [0.15, 0.2) is 12.1 Å². The molecular formula is C14H19NO4S. The molecule has 110 valence electrons. The van der Waals surface area contributed by atoms with Gasteiger partial charge in [-0.1, -0.05) is 11.8 Å². The third-order valence-corrected chi connectivity index (χ3v) is 3.24. The number of rotatable bonds is 8. The topological polar surface area (TPSA) is 67.8 Å². The number of carbonyl (C=O) groups excluding carboxylic acids is 1. The van der Waals surface area contributed by atoms with Crippen molar-refractivity contribution >= 4 is 17.2 Å². The Balaban J connectivity index is 2.25. The summed E-state index contributed by atoms with van der Waals surface area (Å²) in [6.45, 7) is 1.47. The first-order valence-corrected chi connectivity index (χ1v) is 7.09. The molecule has 0 unspecified atom stereocenters. The van der Waals surface area contributed by atoms with Gasteiger partial charge in [-0.25, -0.2) is 0 Å². The molecule has 0 radical (unpaired) electrons. The van der Waals surface area contributed by atoms with E-state index in [2.05, 4.69) is 17.2 Å². The van der Waals surface area contributed by atoms with Crippen LogP contribution in [-0.4, -0.2) is 44.6 Å². The minimum absolute atomic E-state index is 0.0396. The molecule has 0 fully saturated rings. The Bertz CT molecular complexity index is 461. The second-order valence-corrected chi connectivity index (χ2v) is 5.03. The van der Waals surface area contributed by atoms with Gasteiger partial charge in [0.2, 0.25) is 5.91 Å². The molecule has 0 aliphatic rings.